The zero-order chi connectivity index (χ0) is 19.2. The van der Waals surface area contributed by atoms with Crippen LogP contribution in [0.4, 0.5) is 5.69 Å². The highest BCUT2D eigenvalue weighted by Gasteiger charge is 2.36. The molecule has 2 aliphatic heterocycles. The maximum Gasteiger partial charge on any atom is 0.275 e. The lowest BCUT2D eigenvalue weighted by Gasteiger charge is -2.35. The summed E-state index contributed by atoms with van der Waals surface area (Å²) in [5.41, 5.74) is 0.776. The van der Waals surface area contributed by atoms with Gasteiger partial charge in [-0.05, 0) is 63.9 Å². The standard InChI is InChI=1S/C22H32N2O3/c1-3-4-8-18-11-15-23(16-12-18)13-7-14-24-19-9-5-6-10-20(19)27-21(17(2)25)22(24)26/h5-6,9-10,18,21H,3-4,7-8,11-16H2,1-2H3. The summed E-state index contributed by atoms with van der Waals surface area (Å²) < 4.78 is 5.62. The van der Waals surface area contributed by atoms with Crippen molar-refractivity contribution in [2.75, 3.05) is 31.1 Å². The molecule has 1 saturated heterocycles. The lowest BCUT2D eigenvalue weighted by molar-refractivity contribution is -0.136. The zero-order valence-corrected chi connectivity index (χ0v) is 16.7. The van der Waals surface area contributed by atoms with E-state index in [1.54, 1.807) is 4.90 Å². The van der Waals surface area contributed by atoms with E-state index < -0.39 is 6.10 Å². The minimum Gasteiger partial charge on any atom is -0.470 e. The molecule has 1 atom stereocenters. The lowest BCUT2D eigenvalue weighted by atomic mass is 9.91. The summed E-state index contributed by atoms with van der Waals surface area (Å²) in [5, 5.41) is 0. The molecule has 3 rings (SSSR count). The van der Waals surface area contributed by atoms with E-state index in [1.165, 1.54) is 39.0 Å². The number of amides is 1. The zero-order valence-electron chi connectivity index (χ0n) is 16.7. The highest BCUT2D eigenvalue weighted by Crippen LogP contribution is 2.34. The van der Waals surface area contributed by atoms with E-state index in [9.17, 15) is 9.59 Å². The van der Waals surface area contributed by atoms with Crippen LogP contribution in [-0.2, 0) is 9.59 Å². The molecule has 0 radical (unpaired) electrons. The second-order valence-corrected chi connectivity index (χ2v) is 7.85. The Balaban J connectivity index is 1.53. The van der Waals surface area contributed by atoms with Crippen LogP contribution in [0.3, 0.4) is 0 Å². The predicted molar refractivity (Wildman–Crippen MR) is 107 cm³/mol. The van der Waals surface area contributed by atoms with Gasteiger partial charge in [-0.1, -0.05) is 38.3 Å². The number of Topliss-reactive ketones (excluding diaryl/α,β-unsaturated/α-hetero) is 1. The number of hydrogen-bond donors (Lipinski definition) is 0. The summed E-state index contributed by atoms with van der Waals surface area (Å²) in [7, 11) is 0. The molecule has 148 valence electrons. The first kappa shape index (κ1) is 19.9. The smallest absolute Gasteiger partial charge is 0.275 e. The van der Waals surface area contributed by atoms with Crippen LogP contribution < -0.4 is 9.64 Å². The van der Waals surface area contributed by atoms with E-state index in [-0.39, 0.29) is 11.7 Å². The van der Waals surface area contributed by atoms with Crippen LogP contribution >= 0.6 is 0 Å². The van der Waals surface area contributed by atoms with Crippen molar-refractivity contribution in [2.24, 2.45) is 5.92 Å². The number of para-hydroxylation sites is 2. The number of likely N-dealkylation sites (tertiary alicyclic amines) is 1. The molecule has 5 nitrogen and oxygen atoms in total. The summed E-state index contributed by atoms with van der Waals surface area (Å²) in [6, 6.07) is 7.49. The highest BCUT2D eigenvalue weighted by atomic mass is 16.5. The molecule has 0 aromatic heterocycles. The monoisotopic (exact) mass is 372 g/mol. The Labute approximate surface area is 162 Å². The van der Waals surface area contributed by atoms with Crippen molar-refractivity contribution >= 4 is 17.4 Å². The molecule has 1 aromatic rings. The number of carbonyl (C=O) groups is 2. The first-order chi connectivity index (χ1) is 13.1. The van der Waals surface area contributed by atoms with Gasteiger partial charge in [0.15, 0.2) is 5.78 Å². The number of ether oxygens (including phenoxy) is 1. The average molecular weight is 373 g/mol. The summed E-state index contributed by atoms with van der Waals surface area (Å²) in [6.07, 6.45) is 6.50. The first-order valence-electron chi connectivity index (χ1n) is 10.4. The normalized spacial score (nSPS) is 21.0. The number of nitrogens with zero attached hydrogens (tertiary/aromatic N) is 2. The summed E-state index contributed by atoms with van der Waals surface area (Å²) >= 11 is 0. The fourth-order valence-electron chi connectivity index (χ4n) is 4.15. The maximum atomic E-state index is 12.7. The molecule has 1 fully saturated rings. The average Bonchev–Trinajstić information content (AvgIpc) is 2.68. The van der Waals surface area contributed by atoms with Gasteiger partial charge in [-0.15, -0.1) is 0 Å². The van der Waals surface area contributed by atoms with Gasteiger partial charge in [0.2, 0.25) is 6.10 Å². The van der Waals surface area contributed by atoms with E-state index in [2.05, 4.69) is 11.8 Å². The first-order valence-corrected chi connectivity index (χ1v) is 10.4. The molecule has 27 heavy (non-hydrogen) atoms. The number of ketones is 1. The molecule has 0 bridgehead atoms. The molecule has 5 heteroatoms. The molecular weight excluding hydrogens is 340 g/mol. The minimum atomic E-state index is -1.01. The van der Waals surface area contributed by atoms with Gasteiger partial charge in [0.05, 0.1) is 5.69 Å². The van der Waals surface area contributed by atoms with Crippen molar-refractivity contribution in [2.45, 2.75) is 58.5 Å². The Morgan fingerprint density at radius 2 is 1.89 bits per heavy atom. The van der Waals surface area contributed by atoms with Gasteiger partial charge in [0.25, 0.3) is 5.91 Å². The number of benzene rings is 1. The number of carbonyl (C=O) groups excluding carboxylic acids is 2. The number of rotatable bonds is 8. The largest absolute Gasteiger partial charge is 0.470 e. The second kappa shape index (κ2) is 9.36. The van der Waals surface area contributed by atoms with Crippen LogP contribution in [0.5, 0.6) is 5.75 Å². The van der Waals surface area contributed by atoms with Gasteiger partial charge >= 0.3 is 0 Å². The van der Waals surface area contributed by atoms with Crippen molar-refractivity contribution < 1.29 is 14.3 Å². The Morgan fingerprint density at radius 3 is 2.59 bits per heavy atom. The van der Waals surface area contributed by atoms with Crippen LogP contribution in [0, 0.1) is 5.92 Å². The van der Waals surface area contributed by atoms with E-state index in [1.807, 2.05) is 24.3 Å². The molecule has 2 heterocycles. The van der Waals surface area contributed by atoms with Gasteiger partial charge in [-0.2, -0.15) is 0 Å². The van der Waals surface area contributed by atoms with E-state index in [4.69, 9.17) is 4.74 Å². The van der Waals surface area contributed by atoms with Gasteiger partial charge in [0, 0.05) is 6.54 Å². The minimum absolute atomic E-state index is 0.237. The summed E-state index contributed by atoms with van der Waals surface area (Å²) in [4.78, 5) is 28.8. The SMILES string of the molecule is CCCCC1CCN(CCCN2C(=O)C(C(C)=O)Oc3ccccc32)CC1. The van der Waals surface area contributed by atoms with Crippen LogP contribution in [0.2, 0.25) is 0 Å². The third kappa shape index (κ3) is 4.89. The summed E-state index contributed by atoms with van der Waals surface area (Å²) in [6.45, 7) is 7.63. The molecular formula is C22H32N2O3. The molecule has 1 amide bonds. The van der Waals surface area contributed by atoms with Crippen LogP contribution in [-0.4, -0.2) is 48.9 Å². The molecule has 1 unspecified atom stereocenters. The number of unbranched alkanes of at least 4 members (excludes halogenated alkanes) is 1. The Hall–Kier alpha value is -1.88. The van der Waals surface area contributed by atoms with Gasteiger partial charge in [0.1, 0.15) is 5.75 Å². The van der Waals surface area contributed by atoms with Crippen molar-refractivity contribution in [3.63, 3.8) is 0 Å². The third-order valence-electron chi connectivity index (χ3n) is 5.79. The van der Waals surface area contributed by atoms with Crippen LogP contribution in [0.1, 0.15) is 52.4 Å². The second-order valence-electron chi connectivity index (χ2n) is 7.85. The van der Waals surface area contributed by atoms with Crippen molar-refractivity contribution in [3.8, 4) is 5.75 Å². The molecule has 0 spiro atoms. The van der Waals surface area contributed by atoms with Crippen LogP contribution in [0.25, 0.3) is 0 Å². The van der Waals surface area contributed by atoms with E-state index >= 15 is 0 Å². The van der Waals surface area contributed by atoms with E-state index in [0.29, 0.717) is 12.3 Å². The van der Waals surface area contributed by atoms with Gasteiger partial charge in [-0.25, -0.2) is 0 Å². The molecule has 0 saturated carbocycles. The van der Waals surface area contributed by atoms with Crippen LogP contribution in [0.15, 0.2) is 24.3 Å². The number of piperidine rings is 1. The maximum absolute atomic E-state index is 12.7. The fraction of sp³-hybridized carbons (Fsp3) is 0.636. The molecule has 1 aromatic carbocycles. The number of hydrogen-bond acceptors (Lipinski definition) is 4. The topological polar surface area (TPSA) is 49.9 Å². The lowest BCUT2D eigenvalue weighted by Crippen LogP contribution is -2.50. The third-order valence-corrected chi connectivity index (χ3v) is 5.79. The number of fused-ring (bicyclic) bond motifs is 1. The predicted octanol–water partition coefficient (Wildman–Crippen LogP) is 3.66. The Morgan fingerprint density at radius 1 is 1.15 bits per heavy atom. The Kier molecular flexibility index (Phi) is 6.89. The molecule has 0 aliphatic carbocycles. The van der Waals surface area contributed by atoms with Crippen molar-refractivity contribution in [3.05, 3.63) is 24.3 Å². The van der Waals surface area contributed by atoms with Gasteiger partial charge < -0.3 is 14.5 Å². The Bertz CT molecular complexity index is 653. The van der Waals surface area contributed by atoms with Gasteiger partial charge in [-0.3, -0.25) is 9.59 Å². The van der Waals surface area contributed by atoms with E-state index in [0.717, 1.165) is 37.7 Å². The summed E-state index contributed by atoms with van der Waals surface area (Å²) in [5.74, 6) is 1.03. The molecule has 2 aliphatic rings. The molecule has 0 N–H and O–H groups in total. The quantitative estimate of drug-likeness (QED) is 0.654. The fourth-order valence-corrected chi connectivity index (χ4v) is 4.15. The van der Waals surface area contributed by atoms with Crippen molar-refractivity contribution in [1.29, 1.82) is 0 Å². The van der Waals surface area contributed by atoms with Crippen molar-refractivity contribution in [1.82, 2.24) is 4.90 Å². The number of anilines is 1. The highest BCUT2D eigenvalue weighted by molar-refractivity contribution is 6.12.